The monoisotopic (exact) mass is 697 g/mol. The third-order valence-corrected chi connectivity index (χ3v) is 9.74. The fourth-order valence-corrected chi connectivity index (χ4v) is 6.80. The first-order valence-corrected chi connectivity index (χ1v) is 17.4. The number of nitrogens with one attached hydrogen (secondary N) is 3. The number of aromatic nitrogens is 1. The third kappa shape index (κ3) is 9.13. The molecule has 4 aromatic rings. The van der Waals surface area contributed by atoms with E-state index in [1.165, 1.54) is 4.90 Å². The highest BCUT2D eigenvalue weighted by atomic mass is 32.1. The predicted octanol–water partition coefficient (Wildman–Crippen LogP) is 4.90. The number of hydrogen-bond acceptors (Lipinski definition) is 7. The van der Waals surface area contributed by atoms with Crippen molar-refractivity contribution in [3.63, 3.8) is 0 Å². The van der Waals surface area contributed by atoms with Gasteiger partial charge >= 0.3 is 6.09 Å². The average Bonchev–Trinajstić information content (AvgIpc) is 3.70. The summed E-state index contributed by atoms with van der Waals surface area (Å²) in [7, 11) is 0. The molecule has 0 spiro atoms. The van der Waals surface area contributed by atoms with Gasteiger partial charge in [0.15, 0.2) is 0 Å². The molecule has 0 radical (unpaired) electrons. The van der Waals surface area contributed by atoms with Gasteiger partial charge in [-0.05, 0) is 45.7 Å². The van der Waals surface area contributed by atoms with Gasteiger partial charge < -0.3 is 31.1 Å². The summed E-state index contributed by atoms with van der Waals surface area (Å²) in [5.41, 5.74) is 7.55. The van der Waals surface area contributed by atoms with Gasteiger partial charge in [0.2, 0.25) is 17.7 Å². The normalized spacial score (nSPS) is 16.5. The molecule has 0 bridgehead atoms. The molecule has 0 aliphatic carbocycles. The van der Waals surface area contributed by atoms with E-state index in [1.807, 2.05) is 106 Å². The Bertz CT molecular complexity index is 1820. The van der Waals surface area contributed by atoms with Crippen LogP contribution in [0.15, 0.2) is 78.3 Å². The van der Waals surface area contributed by atoms with E-state index >= 15 is 0 Å². The summed E-state index contributed by atoms with van der Waals surface area (Å²) >= 11 is 1.57. The van der Waals surface area contributed by atoms with Crippen LogP contribution in [-0.2, 0) is 33.9 Å². The van der Waals surface area contributed by atoms with E-state index in [0.29, 0.717) is 0 Å². The van der Waals surface area contributed by atoms with E-state index in [4.69, 9.17) is 5.11 Å². The number of aliphatic hydroxyl groups excluding tert-OH is 1. The largest absolute Gasteiger partial charge is 0.465 e. The molecule has 3 aromatic carbocycles. The van der Waals surface area contributed by atoms with Crippen molar-refractivity contribution in [2.45, 2.75) is 71.8 Å². The number of aliphatic hydroxyl groups is 1. The van der Waals surface area contributed by atoms with Crippen molar-refractivity contribution in [3.8, 4) is 21.6 Å². The van der Waals surface area contributed by atoms with Crippen molar-refractivity contribution in [1.82, 2.24) is 25.8 Å². The zero-order valence-corrected chi connectivity index (χ0v) is 29.4. The Hall–Kier alpha value is -5.07. The van der Waals surface area contributed by atoms with Crippen LogP contribution < -0.4 is 16.0 Å². The lowest BCUT2D eigenvalue weighted by Crippen LogP contribution is -2.58. The number of benzene rings is 3. The van der Waals surface area contributed by atoms with Gasteiger partial charge in [0.1, 0.15) is 12.1 Å². The van der Waals surface area contributed by atoms with Crippen LogP contribution in [0.1, 0.15) is 49.6 Å². The second-order valence-corrected chi connectivity index (χ2v) is 14.5. The Morgan fingerprint density at radius 1 is 0.860 bits per heavy atom. The van der Waals surface area contributed by atoms with E-state index < -0.39 is 35.6 Å². The standard InChI is InChI=1S/C38H43N5O6S/c1-23-33(50-22-41-23)29-15-9-25(10-16-29)19-39-35(46)31-18-30(44)21-43(31)36(47)34(38(2,3)4)42-32(45)17-24-5-11-27(12-6-24)28-13-7-26(8-14-28)20-40-37(48)49/h5-16,22,30-31,34,40,44H,17-21H2,1-4H3,(H,39,46)(H,42,45)(H,48,49)/t30-,31+,34-/m1/s1. The minimum absolute atomic E-state index is 0.000774. The zero-order chi connectivity index (χ0) is 36.0. The molecule has 1 aromatic heterocycles. The molecule has 1 aliphatic heterocycles. The first kappa shape index (κ1) is 36.2. The minimum Gasteiger partial charge on any atom is -0.465 e. The van der Waals surface area contributed by atoms with Crippen molar-refractivity contribution in [3.05, 3.63) is 101 Å². The molecule has 262 valence electrons. The zero-order valence-electron chi connectivity index (χ0n) is 28.6. The molecule has 5 rings (SSSR count). The van der Waals surface area contributed by atoms with Gasteiger partial charge in [0, 0.05) is 26.1 Å². The highest BCUT2D eigenvalue weighted by molar-refractivity contribution is 7.13. The number of carboxylic acid groups (broad SMARTS) is 1. The van der Waals surface area contributed by atoms with Crippen LogP contribution in [-0.4, -0.2) is 68.6 Å². The second-order valence-electron chi connectivity index (χ2n) is 13.7. The number of carbonyl (C=O) groups is 4. The fourth-order valence-electron chi connectivity index (χ4n) is 5.99. The number of β-amino-alcohol motifs (C(OH)–C–C–N with tert-alkyl or cyclic N) is 1. The maximum Gasteiger partial charge on any atom is 0.404 e. The van der Waals surface area contributed by atoms with Crippen LogP contribution in [0.3, 0.4) is 0 Å². The molecular weight excluding hydrogens is 655 g/mol. The van der Waals surface area contributed by atoms with Crippen molar-refractivity contribution < 1.29 is 29.4 Å². The molecule has 3 atom stereocenters. The van der Waals surface area contributed by atoms with Crippen molar-refractivity contribution >= 4 is 35.2 Å². The Labute approximate surface area is 295 Å². The lowest BCUT2D eigenvalue weighted by Gasteiger charge is -2.35. The van der Waals surface area contributed by atoms with E-state index in [1.54, 1.807) is 11.3 Å². The van der Waals surface area contributed by atoms with E-state index in [-0.39, 0.29) is 44.3 Å². The average molecular weight is 698 g/mol. The topological polar surface area (TPSA) is 161 Å². The molecule has 50 heavy (non-hydrogen) atoms. The highest BCUT2D eigenvalue weighted by Crippen LogP contribution is 2.29. The summed E-state index contributed by atoms with van der Waals surface area (Å²) in [5.74, 6) is -1.11. The van der Waals surface area contributed by atoms with E-state index in [0.717, 1.165) is 44.0 Å². The molecule has 1 fully saturated rings. The Morgan fingerprint density at radius 2 is 1.40 bits per heavy atom. The summed E-state index contributed by atoms with van der Waals surface area (Å²) < 4.78 is 0. The molecule has 4 amide bonds. The van der Waals surface area contributed by atoms with Gasteiger partial charge in [-0.25, -0.2) is 9.78 Å². The number of likely N-dealkylation sites (tertiary alicyclic amines) is 1. The van der Waals surface area contributed by atoms with E-state index in [9.17, 15) is 24.3 Å². The SMILES string of the molecule is Cc1ncsc1-c1ccc(CNC(=O)[C@@H]2C[C@@H](O)CN2C(=O)[C@@H](NC(=O)Cc2ccc(-c3ccc(CNC(=O)O)cc3)cc2)C(C)(C)C)cc1. The Morgan fingerprint density at radius 3 is 1.92 bits per heavy atom. The molecule has 1 saturated heterocycles. The van der Waals surface area contributed by atoms with Gasteiger partial charge in [0.25, 0.3) is 0 Å². The van der Waals surface area contributed by atoms with Crippen LogP contribution in [0.5, 0.6) is 0 Å². The van der Waals surface area contributed by atoms with Crippen LogP contribution in [0.4, 0.5) is 4.79 Å². The number of aryl methyl sites for hydroxylation is 1. The molecule has 2 heterocycles. The number of hydrogen-bond donors (Lipinski definition) is 5. The number of carbonyl (C=O) groups excluding carboxylic acids is 3. The van der Waals surface area contributed by atoms with Crippen molar-refractivity contribution in [2.75, 3.05) is 6.54 Å². The summed E-state index contributed by atoms with van der Waals surface area (Å²) in [4.78, 5) is 58.2. The molecule has 1 aliphatic rings. The third-order valence-electron chi connectivity index (χ3n) is 8.76. The minimum atomic E-state index is -1.08. The highest BCUT2D eigenvalue weighted by Gasteiger charge is 2.44. The number of rotatable bonds is 11. The maximum atomic E-state index is 14.0. The summed E-state index contributed by atoms with van der Waals surface area (Å²) in [6.45, 7) is 8.02. The van der Waals surface area contributed by atoms with Gasteiger partial charge in [-0.15, -0.1) is 11.3 Å². The quantitative estimate of drug-likeness (QED) is 0.149. The first-order valence-electron chi connectivity index (χ1n) is 16.5. The summed E-state index contributed by atoms with van der Waals surface area (Å²) in [6, 6.07) is 21.1. The number of thiazole rings is 1. The van der Waals surface area contributed by atoms with Gasteiger partial charge in [0.05, 0.1) is 28.6 Å². The first-order chi connectivity index (χ1) is 23.8. The predicted molar refractivity (Wildman–Crippen MR) is 192 cm³/mol. The number of nitrogens with zero attached hydrogens (tertiary/aromatic N) is 2. The van der Waals surface area contributed by atoms with E-state index in [2.05, 4.69) is 20.9 Å². The van der Waals surface area contributed by atoms with Crippen LogP contribution >= 0.6 is 11.3 Å². The molecule has 11 nitrogen and oxygen atoms in total. The Kier molecular flexibility index (Phi) is 11.3. The van der Waals surface area contributed by atoms with Crippen LogP contribution in [0, 0.1) is 12.3 Å². The van der Waals surface area contributed by atoms with Crippen LogP contribution in [0.25, 0.3) is 21.6 Å². The molecule has 0 saturated carbocycles. The molecular formula is C38H43N5O6S. The fraction of sp³-hybridized carbons (Fsp3) is 0.342. The lowest BCUT2D eigenvalue weighted by molar-refractivity contribution is -0.144. The smallest absolute Gasteiger partial charge is 0.404 e. The number of amides is 4. The summed E-state index contributed by atoms with van der Waals surface area (Å²) in [5, 5.41) is 27.5. The molecule has 5 N–H and O–H groups in total. The maximum absolute atomic E-state index is 14.0. The van der Waals surface area contributed by atoms with Crippen LogP contribution in [0.2, 0.25) is 0 Å². The molecule has 0 unspecified atom stereocenters. The van der Waals surface area contributed by atoms with Gasteiger partial charge in [-0.1, -0.05) is 93.6 Å². The van der Waals surface area contributed by atoms with Gasteiger partial charge in [-0.3, -0.25) is 14.4 Å². The van der Waals surface area contributed by atoms with Gasteiger partial charge in [-0.2, -0.15) is 0 Å². The summed E-state index contributed by atoms with van der Waals surface area (Å²) in [6.07, 6.45) is -1.77. The second kappa shape index (κ2) is 15.6. The van der Waals surface area contributed by atoms with Crippen molar-refractivity contribution in [2.24, 2.45) is 5.41 Å². The van der Waals surface area contributed by atoms with Crippen molar-refractivity contribution in [1.29, 1.82) is 0 Å². The molecule has 12 heteroatoms. The lowest BCUT2D eigenvalue weighted by atomic mass is 9.85. The Balaban J connectivity index is 1.19.